The second-order valence-corrected chi connectivity index (χ2v) is 33.4. The zero-order valence-electron chi connectivity index (χ0n) is 66.2. The van der Waals surface area contributed by atoms with E-state index in [9.17, 15) is 43.2 Å². The molecule has 17 nitrogen and oxygen atoms in total. The molecule has 0 aliphatic carbocycles. The van der Waals surface area contributed by atoms with Crippen molar-refractivity contribution in [1.82, 2.24) is 0 Å². The summed E-state index contributed by atoms with van der Waals surface area (Å²) in [6, 6.07) is 0. The largest absolute Gasteiger partial charge is 0.472 e. The highest BCUT2D eigenvalue weighted by molar-refractivity contribution is 7.47. The third-order valence-electron chi connectivity index (χ3n) is 19.2. The van der Waals surface area contributed by atoms with Crippen molar-refractivity contribution in [2.75, 3.05) is 39.6 Å². The maximum atomic E-state index is 13.1. The first-order chi connectivity index (χ1) is 48.9. The smallest absolute Gasteiger partial charge is 0.462 e. The van der Waals surface area contributed by atoms with Crippen molar-refractivity contribution in [3.05, 3.63) is 0 Å². The van der Waals surface area contributed by atoms with E-state index in [-0.39, 0.29) is 25.7 Å². The van der Waals surface area contributed by atoms with Crippen LogP contribution in [-0.2, 0) is 65.4 Å². The molecule has 0 aromatic heterocycles. The number of aliphatic hydroxyl groups is 1. The lowest BCUT2D eigenvalue weighted by Gasteiger charge is -2.21. The minimum Gasteiger partial charge on any atom is -0.462 e. The lowest BCUT2D eigenvalue weighted by molar-refractivity contribution is -0.161. The molecule has 0 aliphatic heterocycles. The minimum atomic E-state index is -4.96. The van der Waals surface area contributed by atoms with Crippen LogP contribution in [0.4, 0.5) is 0 Å². The fraction of sp³-hybridized carbons (Fsp3) is 0.951. The van der Waals surface area contributed by atoms with Crippen LogP contribution in [0.25, 0.3) is 0 Å². The van der Waals surface area contributed by atoms with Crippen LogP contribution in [-0.4, -0.2) is 96.7 Å². The topological polar surface area (TPSA) is 237 Å². The highest BCUT2D eigenvalue weighted by atomic mass is 31.2. The first-order valence-electron chi connectivity index (χ1n) is 42.5. The Morgan fingerprint density at radius 2 is 0.455 bits per heavy atom. The fourth-order valence-electron chi connectivity index (χ4n) is 12.7. The van der Waals surface area contributed by atoms with Crippen LogP contribution in [0.1, 0.15) is 433 Å². The first-order valence-corrected chi connectivity index (χ1v) is 45.5. The van der Waals surface area contributed by atoms with E-state index in [4.69, 9.17) is 37.0 Å². The summed E-state index contributed by atoms with van der Waals surface area (Å²) < 4.78 is 68.8. The SMILES string of the molecule is CCCCCCCCCCCCCCCCCC(=O)O[C@H](COC(=O)CCCCCCCCCCCC)COP(=O)(O)OC[C@H](O)COP(=O)(O)OC[C@@H](COC(=O)CCCCCCCCCCCCCCCCC(C)C)OC(=O)CCCCCCCCCCCCCCCCCCC(C)C. The van der Waals surface area contributed by atoms with Gasteiger partial charge < -0.3 is 33.8 Å². The molecular formula is C82H160O17P2. The number of hydrogen-bond donors (Lipinski definition) is 3. The van der Waals surface area contributed by atoms with Crippen molar-refractivity contribution in [1.29, 1.82) is 0 Å². The standard InChI is InChI=1S/C82H160O17P2/c1-7-9-11-13-15-17-19-20-23-31-36-42-48-54-60-66-81(86)98-77(70-92-79(84)64-58-52-46-40-18-16-14-12-10-8-2)72-96-100(88,89)94-68-76(83)69-95-101(90,91)97-73-78(71-93-80(85)65-59-53-47-41-35-30-27-26-29-34-39-45-51-57-63-75(5)6)99-82(87)67-61-55-49-43-37-32-25-22-21-24-28-33-38-44-50-56-62-74(3)4/h74-78,83H,7-73H2,1-6H3,(H,88,89)(H,90,91)/t76-,77+,78+/m0/s1. The van der Waals surface area contributed by atoms with Gasteiger partial charge in [-0.3, -0.25) is 37.3 Å². The van der Waals surface area contributed by atoms with E-state index in [1.54, 1.807) is 0 Å². The molecule has 0 amide bonds. The van der Waals surface area contributed by atoms with Gasteiger partial charge in [0.25, 0.3) is 0 Å². The van der Waals surface area contributed by atoms with Gasteiger partial charge in [-0.15, -0.1) is 0 Å². The van der Waals surface area contributed by atoms with Crippen molar-refractivity contribution in [2.45, 2.75) is 452 Å². The van der Waals surface area contributed by atoms with E-state index in [0.717, 1.165) is 102 Å². The van der Waals surface area contributed by atoms with Gasteiger partial charge in [-0.05, 0) is 37.5 Å². The molecule has 0 fully saturated rings. The average molecular weight is 1480 g/mol. The maximum Gasteiger partial charge on any atom is 0.472 e. The highest BCUT2D eigenvalue weighted by Crippen LogP contribution is 2.45. The molecule has 0 radical (unpaired) electrons. The molecule has 0 rings (SSSR count). The van der Waals surface area contributed by atoms with Gasteiger partial charge in [0.1, 0.15) is 19.3 Å². The molecule has 19 heteroatoms. The number of aliphatic hydroxyl groups excluding tert-OH is 1. The molecule has 600 valence electrons. The Morgan fingerprint density at radius 3 is 0.673 bits per heavy atom. The van der Waals surface area contributed by atoms with Gasteiger partial charge in [0.05, 0.1) is 26.4 Å². The summed E-state index contributed by atoms with van der Waals surface area (Å²) >= 11 is 0. The lowest BCUT2D eigenvalue weighted by Crippen LogP contribution is -2.30. The monoisotopic (exact) mass is 1480 g/mol. The van der Waals surface area contributed by atoms with Crippen molar-refractivity contribution in [2.24, 2.45) is 11.8 Å². The van der Waals surface area contributed by atoms with E-state index < -0.39 is 97.5 Å². The molecule has 0 saturated carbocycles. The molecule has 0 aliphatic rings. The van der Waals surface area contributed by atoms with Crippen LogP contribution < -0.4 is 0 Å². The Bertz CT molecular complexity index is 1940. The van der Waals surface area contributed by atoms with Crippen LogP contribution >= 0.6 is 15.6 Å². The number of rotatable bonds is 81. The number of esters is 4. The second-order valence-electron chi connectivity index (χ2n) is 30.5. The average Bonchev–Trinajstić information content (AvgIpc) is 1.04. The van der Waals surface area contributed by atoms with Gasteiger partial charge in [0, 0.05) is 25.7 Å². The molecular weight excluding hydrogens is 1320 g/mol. The zero-order chi connectivity index (χ0) is 74.2. The van der Waals surface area contributed by atoms with Gasteiger partial charge in [0.15, 0.2) is 12.2 Å². The summed E-state index contributed by atoms with van der Waals surface area (Å²) in [6.45, 7) is 9.70. The summed E-state index contributed by atoms with van der Waals surface area (Å²) in [5.74, 6) is -0.497. The lowest BCUT2D eigenvalue weighted by atomic mass is 10.0. The van der Waals surface area contributed by atoms with Gasteiger partial charge in [-0.2, -0.15) is 0 Å². The Kier molecular flexibility index (Phi) is 72.2. The van der Waals surface area contributed by atoms with Crippen LogP contribution in [0, 0.1) is 11.8 Å². The van der Waals surface area contributed by atoms with Crippen molar-refractivity contribution >= 4 is 39.5 Å². The molecule has 0 heterocycles. The van der Waals surface area contributed by atoms with E-state index in [0.29, 0.717) is 25.7 Å². The third-order valence-corrected chi connectivity index (χ3v) is 21.1. The fourth-order valence-corrected chi connectivity index (χ4v) is 14.3. The summed E-state index contributed by atoms with van der Waals surface area (Å²) in [6.07, 6.45) is 63.7. The van der Waals surface area contributed by atoms with Crippen LogP contribution in [0.2, 0.25) is 0 Å². The van der Waals surface area contributed by atoms with Gasteiger partial charge >= 0.3 is 39.5 Å². The Labute approximate surface area is 619 Å². The summed E-state index contributed by atoms with van der Waals surface area (Å²) in [4.78, 5) is 73.1. The second kappa shape index (κ2) is 73.6. The quantitative estimate of drug-likeness (QED) is 0.0222. The zero-order valence-corrected chi connectivity index (χ0v) is 68.0. The molecule has 5 atom stereocenters. The summed E-state index contributed by atoms with van der Waals surface area (Å²) in [5, 5.41) is 10.6. The Balaban J connectivity index is 5.24. The maximum absolute atomic E-state index is 13.1. The third kappa shape index (κ3) is 76.1. The van der Waals surface area contributed by atoms with Gasteiger partial charge in [-0.25, -0.2) is 9.13 Å². The molecule has 101 heavy (non-hydrogen) atoms. The first kappa shape index (κ1) is 99.1. The van der Waals surface area contributed by atoms with E-state index in [1.807, 2.05) is 0 Å². The van der Waals surface area contributed by atoms with Crippen molar-refractivity contribution in [3.63, 3.8) is 0 Å². The molecule has 3 N–H and O–H groups in total. The number of phosphoric acid groups is 2. The van der Waals surface area contributed by atoms with E-state index in [1.165, 1.54) is 250 Å². The predicted molar refractivity (Wildman–Crippen MR) is 414 cm³/mol. The number of phosphoric ester groups is 2. The van der Waals surface area contributed by atoms with Gasteiger partial charge in [0.2, 0.25) is 0 Å². The Morgan fingerprint density at radius 1 is 0.267 bits per heavy atom. The highest BCUT2D eigenvalue weighted by Gasteiger charge is 2.30. The number of unbranched alkanes of at least 4 members (excludes halogenated alkanes) is 51. The number of carbonyl (C=O) groups is 4. The Hall–Kier alpha value is -1.94. The molecule has 0 spiro atoms. The predicted octanol–water partition coefficient (Wildman–Crippen LogP) is 24.7. The van der Waals surface area contributed by atoms with E-state index >= 15 is 0 Å². The number of carbonyl (C=O) groups excluding carboxylic acids is 4. The molecule has 0 bridgehead atoms. The van der Waals surface area contributed by atoms with Crippen molar-refractivity contribution < 1.29 is 80.2 Å². The molecule has 0 aromatic rings. The van der Waals surface area contributed by atoms with Crippen molar-refractivity contribution in [3.8, 4) is 0 Å². The minimum absolute atomic E-state index is 0.108. The summed E-state index contributed by atoms with van der Waals surface area (Å²) in [5.41, 5.74) is 0. The van der Waals surface area contributed by atoms with Gasteiger partial charge in [-0.1, -0.05) is 382 Å². The normalized spacial score (nSPS) is 13.9. The molecule has 0 saturated heterocycles. The number of ether oxygens (including phenoxy) is 4. The van der Waals surface area contributed by atoms with Crippen LogP contribution in [0.5, 0.6) is 0 Å². The van der Waals surface area contributed by atoms with Crippen LogP contribution in [0.3, 0.4) is 0 Å². The summed E-state index contributed by atoms with van der Waals surface area (Å²) in [7, 11) is -9.92. The number of hydrogen-bond acceptors (Lipinski definition) is 15. The molecule has 2 unspecified atom stereocenters. The van der Waals surface area contributed by atoms with E-state index in [2.05, 4.69) is 41.5 Å². The molecule has 0 aromatic carbocycles. The van der Waals surface area contributed by atoms with Crippen LogP contribution in [0.15, 0.2) is 0 Å².